The second-order valence-electron chi connectivity index (χ2n) is 8.18. The third kappa shape index (κ3) is 4.87. The number of amides is 1. The molecule has 0 fully saturated rings. The van der Waals surface area contributed by atoms with Crippen LogP contribution in [0.5, 0.6) is 0 Å². The molecule has 4 aromatic rings. The molecular formula is C26H27FN4O2. The number of carbonyl (C=O) groups is 1. The van der Waals surface area contributed by atoms with Crippen molar-refractivity contribution < 1.29 is 9.18 Å². The lowest BCUT2D eigenvalue weighted by Gasteiger charge is -2.10. The Morgan fingerprint density at radius 1 is 1.03 bits per heavy atom. The molecule has 0 aliphatic heterocycles. The number of benzene rings is 2. The second-order valence-corrected chi connectivity index (χ2v) is 8.18. The zero-order chi connectivity index (χ0) is 23.4. The minimum absolute atomic E-state index is 0.142. The number of carbonyl (C=O) groups excluding carboxylic acids is 1. The quantitative estimate of drug-likeness (QED) is 0.419. The summed E-state index contributed by atoms with van der Waals surface area (Å²) in [7, 11) is 0. The monoisotopic (exact) mass is 446 g/mol. The first-order chi connectivity index (χ1) is 16.0. The van der Waals surface area contributed by atoms with E-state index in [-0.39, 0.29) is 23.8 Å². The molecule has 0 atom stereocenters. The predicted octanol–water partition coefficient (Wildman–Crippen LogP) is 3.75. The van der Waals surface area contributed by atoms with Crippen molar-refractivity contribution >= 4 is 16.7 Å². The molecule has 0 unspecified atom stereocenters. The van der Waals surface area contributed by atoms with Crippen molar-refractivity contribution in [2.24, 2.45) is 0 Å². The first kappa shape index (κ1) is 22.5. The van der Waals surface area contributed by atoms with Crippen LogP contribution < -0.4 is 10.9 Å². The van der Waals surface area contributed by atoms with E-state index in [1.54, 1.807) is 24.4 Å². The van der Waals surface area contributed by atoms with Crippen molar-refractivity contribution in [3.05, 3.63) is 99.5 Å². The van der Waals surface area contributed by atoms with Gasteiger partial charge in [-0.25, -0.2) is 9.07 Å². The SMILES string of the molecule is Cc1c2cnn(CC(=O)NCCCc3ccccc3)c(=O)c2c(C)n1Cc1ccccc1F. The fourth-order valence-corrected chi connectivity index (χ4v) is 4.15. The van der Waals surface area contributed by atoms with Crippen LogP contribution >= 0.6 is 0 Å². The first-order valence-electron chi connectivity index (χ1n) is 11.0. The summed E-state index contributed by atoms with van der Waals surface area (Å²) in [6.07, 6.45) is 3.30. The van der Waals surface area contributed by atoms with E-state index in [0.29, 0.717) is 29.4 Å². The van der Waals surface area contributed by atoms with E-state index in [0.717, 1.165) is 24.2 Å². The van der Waals surface area contributed by atoms with Gasteiger partial charge in [-0.1, -0.05) is 48.5 Å². The summed E-state index contributed by atoms with van der Waals surface area (Å²) in [5, 5.41) is 8.31. The van der Waals surface area contributed by atoms with Gasteiger partial charge in [0.15, 0.2) is 0 Å². The topological polar surface area (TPSA) is 68.9 Å². The van der Waals surface area contributed by atoms with Gasteiger partial charge in [-0.3, -0.25) is 9.59 Å². The van der Waals surface area contributed by atoms with Crippen molar-refractivity contribution in [3.8, 4) is 0 Å². The van der Waals surface area contributed by atoms with Crippen LogP contribution in [0.4, 0.5) is 4.39 Å². The highest BCUT2D eigenvalue weighted by molar-refractivity contribution is 5.87. The van der Waals surface area contributed by atoms with E-state index in [2.05, 4.69) is 22.5 Å². The molecule has 0 saturated carbocycles. The lowest BCUT2D eigenvalue weighted by atomic mass is 10.1. The Morgan fingerprint density at radius 3 is 2.52 bits per heavy atom. The Bertz CT molecular complexity index is 1340. The van der Waals surface area contributed by atoms with Crippen LogP contribution in [0, 0.1) is 19.7 Å². The minimum atomic E-state index is -0.320. The summed E-state index contributed by atoms with van der Waals surface area (Å²) in [5.41, 5.74) is 3.02. The van der Waals surface area contributed by atoms with Gasteiger partial charge in [-0.15, -0.1) is 0 Å². The maximum atomic E-state index is 14.2. The van der Waals surface area contributed by atoms with Crippen molar-refractivity contribution in [1.82, 2.24) is 19.7 Å². The zero-order valence-electron chi connectivity index (χ0n) is 18.8. The van der Waals surface area contributed by atoms with Crippen molar-refractivity contribution in [3.63, 3.8) is 0 Å². The van der Waals surface area contributed by atoms with Gasteiger partial charge in [-0.05, 0) is 38.3 Å². The Labute approximate surface area is 191 Å². The molecule has 170 valence electrons. The number of hydrogen-bond acceptors (Lipinski definition) is 3. The summed E-state index contributed by atoms with van der Waals surface area (Å²) >= 11 is 0. The van der Waals surface area contributed by atoms with Gasteiger partial charge in [0, 0.05) is 28.9 Å². The smallest absolute Gasteiger partial charge is 0.276 e. The highest BCUT2D eigenvalue weighted by Gasteiger charge is 2.18. The third-order valence-electron chi connectivity index (χ3n) is 5.99. The van der Waals surface area contributed by atoms with Crippen LogP contribution in [-0.4, -0.2) is 26.8 Å². The number of rotatable bonds is 8. The highest BCUT2D eigenvalue weighted by atomic mass is 19.1. The van der Waals surface area contributed by atoms with Crippen LogP contribution in [-0.2, 0) is 24.3 Å². The van der Waals surface area contributed by atoms with Gasteiger partial charge in [0.1, 0.15) is 12.4 Å². The highest BCUT2D eigenvalue weighted by Crippen LogP contribution is 2.23. The van der Waals surface area contributed by atoms with E-state index in [1.165, 1.54) is 16.3 Å². The van der Waals surface area contributed by atoms with E-state index < -0.39 is 0 Å². The zero-order valence-corrected chi connectivity index (χ0v) is 18.8. The summed E-state index contributed by atoms with van der Waals surface area (Å²) < 4.78 is 17.3. The molecule has 0 spiro atoms. The lowest BCUT2D eigenvalue weighted by molar-refractivity contribution is -0.121. The van der Waals surface area contributed by atoms with Crippen LogP contribution in [0.25, 0.3) is 10.8 Å². The molecule has 0 aliphatic rings. The molecule has 4 rings (SSSR count). The normalized spacial score (nSPS) is 11.1. The molecule has 0 saturated heterocycles. The van der Waals surface area contributed by atoms with E-state index in [4.69, 9.17) is 0 Å². The molecule has 2 heterocycles. The minimum Gasteiger partial charge on any atom is -0.354 e. The second kappa shape index (κ2) is 9.81. The Morgan fingerprint density at radius 2 is 1.76 bits per heavy atom. The predicted molar refractivity (Wildman–Crippen MR) is 127 cm³/mol. The van der Waals surface area contributed by atoms with E-state index in [1.807, 2.05) is 36.6 Å². The first-order valence-corrected chi connectivity index (χ1v) is 11.0. The molecule has 0 aliphatic carbocycles. The average molecular weight is 447 g/mol. The molecule has 0 radical (unpaired) electrons. The third-order valence-corrected chi connectivity index (χ3v) is 5.99. The fourth-order valence-electron chi connectivity index (χ4n) is 4.15. The molecule has 0 bridgehead atoms. The molecule has 2 aromatic heterocycles. The number of nitrogens with zero attached hydrogens (tertiary/aromatic N) is 3. The van der Waals surface area contributed by atoms with E-state index in [9.17, 15) is 14.0 Å². The molecule has 2 aromatic carbocycles. The fraction of sp³-hybridized carbons (Fsp3) is 0.269. The largest absolute Gasteiger partial charge is 0.354 e. The molecular weight excluding hydrogens is 419 g/mol. The van der Waals surface area contributed by atoms with Crippen LogP contribution in [0.2, 0.25) is 0 Å². The summed E-state index contributed by atoms with van der Waals surface area (Å²) in [6, 6.07) is 16.7. The van der Waals surface area contributed by atoms with Crippen LogP contribution in [0.15, 0.2) is 65.6 Å². The molecule has 33 heavy (non-hydrogen) atoms. The molecule has 1 N–H and O–H groups in total. The summed E-state index contributed by atoms with van der Waals surface area (Å²) in [4.78, 5) is 25.5. The lowest BCUT2D eigenvalue weighted by Crippen LogP contribution is -2.34. The van der Waals surface area contributed by atoms with Gasteiger partial charge >= 0.3 is 0 Å². The molecule has 7 heteroatoms. The number of nitrogens with one attached hydrogen (secondary N) is 1. The van der Waals surface area contributed by atoms with Gasteiger partial charge < -0.3 is 9.88 Å². The van der Waals surface area contributed by atoms with Crippen molar-refractivity contribution in [2.45, 2.75) is 39.8 Å². The number of aromatic nitrogens is 3. The number of hydrogen-bond donors (Lipinski definition) is 1. The van der Waals surface area contributed by atoms with Gasteiger partial charge in [0.2, 0.25) is 5.91 Å². The van der Waals surface area contributed by atoms with Crippen LogP contribution in [0.1, 0.15) is 28.9 Å². The number of aryl methyl sites for hydroxylation is 3. The molecule has 1 amide bonds. The van der Waals surface area contributed by atoms with Gasteiger partial charge in [0.25, 0.3) is 5.56 Å². The van der Waals surface area contributed by atoms with Gasteiger partial charge in [0.05, 0.1) is 18.1 Å². The summed E-state index contributed by atoms with van der Waals surface area (Å²) in [5.74, 6) is -0.536. The van der Waals surface area contributed by atoms with Gasteiger partial charge in [-0.2, -0.15) is 5.10 Å². The Kier molecular flexibility index (Phi) is 6.68. The van der Waals surface area contributed by atoms with Crippen molar-refractivity contribution in [2.75, 3.05) is 6.54 Å². The molecule has 6 nitrogen and oxygen atoms in total. The number of fused-ring (bicyclic) bond motifs is 1. The standard InChI is InChI=1S/C26H27FN4O2/c1-18-22-15-29-31(17-24(32)28-14-8-11-20-9-4-3-5-10-20)26(33)25(22)19(2)30(18)16-21-12-6-7-13-23(21)27/h3-7,9-10,12-13,15H,8,11,14,16-17H2,1-2H3,(H,28,32). The Hall–Kier alpha value is -3.74. The van der Waals surface area contributed by atoms with Crippen molar-refractivity contribution in [1.29, 1.82) is 0 Å². The summed E-state index contributed by atoms with van der Waals surface area (Å²) in [6.45, 7) is 4.44. The number of halogens is 1. The Balaban J connectivity index is 1.47. The van der Waals surface area contributed by atoms with E-state index >= 15 is 0 Å². The maximum absolute atomic E-state index is 14.2. The maximum Gasteiger partial charge on any atom is 0.276 e. The van der Waals surface area contributed by atoms with Crippen LogP contribution in [0.3, 0.4) is 0 Å². The average Bonchev–Trinajstić information content (AvgIpc) is 3.06.